The molecule has 4 heteroatoms. The van der Waals surface area contributed by atoms with Gasteiger partial charge >= 0.3 is 0 Å². The predicted molar refractivity (Wildman–Crippen MR) is 145 cm³/mol. The smallest absolute Gasteiger partial charge is 0.0619 e. The lowest BCUT2D eigenvalue weighted by Gasteiger charge is -2.42. The van der Waals surface area contributed by atoms with Crippen LogP contribution in [0, 0.1) is 0 Å². The Morgan fingerprint density at radius 3 is 1.55 bits per heavy atom. The van der Waals surface area contributed by atoms with Crippen LogP contribution in [-0.4, -0.2) is 54.1 Å². The number of unbranched alkanes of at least 4 members (excludes halogenated alkanes) is 18. The summed E-state index contributed by atoms with van der Waals surface area (Å²) in [5.74, 6) is 0. The molecule has 2 N–H and O–H groups in total. The van der Waals surface area contributed by atoms with Crippen molar-refractivity contribution in [1.82, 2.24) is 15.1 Å². The van der Waals surface area contributed by atoms with E-state index in [0.29, 0.717) is 6.17 Å². The number of aliphatic hydroxyl groups excluding tert-OH is 1. The maximum Gasteiger partial charge on any atom is 0.0619 e. The first-order valence-corrected chi connectivity index (χ1v) is 15.1. The number of aliphatic hydroxyl groups is 1. The van der Waals surface area contributed by atoms with Crippen LogP contribution in [0.25, 0.3) is 0 Å². The van der Waals surface area contributed by atoms with Crippen molar-refractivity contribution >= 4 is 0 Å². The van der Waals surface area contributed by atoms with E-state index in [0.717, 1.165) is 19.9 Å². The fourth-order valence-electron chi connectivity index (χ4n) is 5.21. The van der Waals surface area contributed by atoms with E-state index in [1.54, 1.807) is 0 Å². The third-order valence-electron chi connectivity index (χ3n) is 7.42. The largest absolute Gasteiger partial charge is 0.395 e. The Balaban J connectivity index is 2.02. The topological polar surface area (TPSA) is 38.7 Å². The zero-order chi connectivity index (χ0) is 23.8. The number of nitrogens with one attached hydrogen (secondary N) is 1. The van der Waals surface area contributed by atoms with Gasteiger partial charge in [0.2, 0.25) is 0 Å². The molecule has 4 nitrogen and oxygen atoms in total. The Kier molecular flexibility index (Phi) is 22.1. The van der Waals surface area contributed by atoms with Gasteiger partial charge in [-0.05, 0) is 12.8 Å². The summed E-state index contributed by atoms with van der Waals surface area (Å²) in [7, 11) is 0. The van der Waals surface area contributed by atoms with Crippen molar-refractivity contribution in [3.63, 3.8) is 0 Å². The van der Waals surface area contributed by atoms with Crippen molar-refractivity contribution in [1.29, 1.82) is 0 Å². The molecule has 0 aromatic rings. The lowest BCUT2D eigenvalue weighted by Crippen LogP contribution is -2.60. The summed E-state index contributed by atoms with van der Waals surface area (Å²) in [6.45, 7) is 8.87. The maximum atomic E-state index is 9.55. The molecule has 1 aliphatic heterocycles. The molecule has 0 saturated carbocycles. The molecule has 1 fully saturated rings. The number of β-amino-alcohol motifs (C(OH)–C–C–N with tert-alkyl or cyclic N) is 1. The van der Waals surface area contributed by atoms with E-state index in [-0.39, 0.29) is 6.61 Å². The quantitative estimate of drug-likeness (QED) is 0.143. The molecular weight excluding hydrogens is 406 g/mol. The van der Waals surface area contributed by atoms with Crippen LogP contribution in [0.1, 0.15) is 149 Å². The van der Waals surface area contributed by atoms with Gasteiger partial charge in [-0.3, -0.25) is 15.1 Å². The molecule has 1 saturated heterocycles. The monoisotopic (exact) mass is 467 g/mol. The molecule has 1 aliphatic rings. The Labute approximate surface area is 208 Å². The van der Waals surface area contributed by atoms with Crippen molar-refractivity contribution in [3.8, 4) is 0 Å². The van der Waals surface area contributed by atoms with Crippen molar-refractivity contribution in [2.24, 2.45) is 0 Å². The zero-order valence-corrected chi connectivity index (χ0v) is 22.8. The lowest BCUT2D eigenvalue weighted by molar-refractivity contribution is 0.000595. The van der Waals surface area contributed by atoms with E-state index < -0.39 is 0 Å². The minimum absolute atomic E-state index is 0.266. The molecule has 0 amide bonds. The summed E-state index contributed by atoms with van der Waals surface area (Å²) in [6, 6.07) is 0. The Morgan fingerprint density at radius 1 is 0.606 bits per heavy atom. The molecule has 33 heavy (non-hydrogen) atoms. The van der Waals surface area contributed by atoms with Crippen LogP contribution in [0.2, 0.25) is 0 Å². The van der Waals surface area contributed by atoms with Crippen LogP contribution in [-0.2, 0) is 0 Å². The molecule has 198 valence electrons. The second-order valence-electron chi connectivity index (χ2n) is 10.6. The number of nitrogens with zero attached hydrogens (tertiary/aromatic N) is 2. The number of rotatable bonds is 24. The third kappa shape index (κ3) is 17.9. The highest BCUT2D eigenvalue weighted by Crippen LogP contribution is 2.16. The van der Waals surface area contributed by atoms with Crippen LogP contribution in [0.3, 0.4) is 0 Å². The molecule has 1 heterocycles. The highest BCUT2D eigenvalue weighted by Gasteiger charge is 2.24. The molecule has 0 aromatic carbocycles. The first-order valence-electron chi connectivity index (χ1n) is 15.1. The number of hydrogen-bond donors (Lipinski definition) is 2. The van der Waals surface area contributed by atoms with E-state index in [1.807, 2.05) is 0 Å². The molecule has 1 unspecified atom stereocenters. The average Bonchev–Trinajstić information content (AvgIpc) is 2.82. The van der Waals surface area contributed by atoms with Gasteiger partial charge in [0.15, 0.2) is 0 Å². The van der Waals surface area contributed by atoms with Crippen molar-refractivity contribution in [2.75, 3.05) is 33.0 Å². The summed E-state index contributed by atoms with van der Waals surface area (Å²) < 4.78 is 0. The van der Waals surface area contributed by atoms with Crippen LogP contribution in [0.15, 0.2) is 0 Å². The van der Waals surface area contributed by atoms with Crippen molar-refractivity contribution in [3.05, 3.63) is 0 Å². The standard InChI is InChI=1S/C29H61N3O/c1-3-5-7-9-11-13-15-17-19-21-23-29-30-27-31(28-32(29)25-26-33)24-22-20-18-16-14-12-10-8-6-4-2/h29-30,33H,3-28H2,1-2H3. The van der Waals surface area contributed by atoms with Gasteiger partial charge in [-0.15, -0.1) is 0 Å². The van der Waals surface area contributed by atoms with E-state index >= 15 is 0 Å². The molecule has 0 radical (unpaired) electrons. The molecule has 1 atom stereocenters. The van der Waals surface area contributed by atoms with Crippen LogP contribution in [0.5, 0.6) is 0 Å². The Morgan fingerprint density at radius 2 is 1.06 bits per heavy atom. The van der Waals surface area contributed by atoms with Crippen LogP contribution >= 0.6 is 0 Å². The summed E-state index contributed by atoms with van der Waals surface area (Å²) in [4.78, 5) is 5.00. The highest BCUT2D eigenvalue weighted by molar-refractivity contribution is 4.75. The first kappa shape index (κ1) is 30.9. The Bertz CT molecular complexity index is 393. The van der Waals surface area contributed by atoms with E-state index in [2.05, 4.69) is 29.0 Å². The minimum Gasteiger partial charge on any atom is -0.395 e. The molecule has 0 aliphatic carbocycles. The van der Waals surface area contributed by atoms with Gasteiger partial charge in [0.05, 0.1) is 26.1 Å². The Hall–Kier alpha value is -0.160. The number of hydrogen-bond acceptors (Lipinski definition) is 4. The molecule has 0 aromatic heterocycles. The normalized spacial score (nSPS) is 17.7. The van der Waals surface area contributed by atoms with Gasteiger partial charge in [-0.25, -0.2) is 0 Å². The first-order chi connectivity index (χ1) is 16.3. The summed E-state index contributed by atoms with van der Waals surface area (Å²) >= 11 is 0. The zero-order valence-electron chi connectivity index (χ0n) is 22.8. The second kappa shape index (κ2) is 23.6. The van der Waals surface area contributed by atoms with Gasteiger partial charge in [0.25, 0.3) is 0 Å². The average molecular weight is 468 g/mol. The van der Waals surface area contributed by atoms with E-state index in [4.69, 9.17) is 0 Å². The van der Waals surface area contributed by atoms with Crippen molar-refractivity contribution in [2.45, 2.75) is 155 Å². The van der Waals surface area contributed by atoms with Gasteiger partial charge in [-0.2, -0.15) is 0 Å². The maximum absolute atomic E-state index is 9.55. The molecular formula is C29H61N3O. The van der Waals surface area contributed by atoms with E-state index in [1.165, 1.54) is 141 Å². The van der Waals surface area contributed by atoms with Gasteiger partial charge in [-0.1, -0.05) is 136 Å². The fourth-order valence-corrected chi connectivity index (χ4v) is 5.21. The third-order valence-corrected chi connectivity index (χ3v) is 7.42. The van der Waals surface area contributed by atoms with Crippen LogP contribution in [0.4, 0.5) is 0 Å². The summed E-state index contributed by atoms with van der Waals surface area (Å²) in [5, 5.41) is 13.3. The van der Waals surface area contributed by atoms with Gasteiger partial charge < -0.3 is 5.11 Å². The SMILES string of the molecule is CCCCCCCCCCCCC1NCN(CCCCCCCCCCCC)CN1CCO. The fraction of sp³-hybridized carbons (Fsp3) is 1.00. The minimum atomic E-state index is 0.266. The van der Waals surface area contributed by atoms with Gasteiger partial charge in [0.1, 0.15) is 0 Å². The summed E-state index contributed by atoms with van der Waals surface area (Å²) in [5.41, 5.74) is 0. The molecule has 0 bridgehead atoms. The summed E-state index contributed by atoms with van der Waals surface area (Å²) in [6.07, 6.45) is 29.7. The van der Waals surface area contributed by atoms with Crippen molar-refractivity contribution < 1.29 is 5.11 Å². The predicted octanol–water partition coefficient (Wildman–Crippen LogP) is 7.66. The second-order valence-corrected chi connectivity index (χ2v) is 10.6. The lowest BCUT2D eigenvalue weighted by atomic mass is 10.0. The van der Waals surface area contributed by atoms with Crippen LogP contribution < -0.4 is 5.32 Å². The highest BCUT2D eigenvalue weighted by atomic mass is 16.3. The van der Waals surface area contributed by atoms with Gasteiger partial charge in [0, 0.05) is 13.1 Å². The van der Waals surface area contributed by atoms with E-state index in [9.17, 15) is 5.11 Å². The molecule has 1 rings (SSSR count). The molecule has 0 spiro atoms.